The van der Waals surface area contributed by atoms with Crippen LogP contribution in [-0.2, 0) is 9.53 Å². The van der Waals surface area contributed by atoms with Gasteiger partial charge in [-0.2, -0.15) is 5.10 Å². The van der Waals surface area contributed by atoms with Crippen LogP contribution in [0.1, 0.15) is 43.7 Å². The number of rotatable bonds is 7. The molecule has 0 bridgehead atoms. The molecule has 1 aliphatic rings. The van der Waals surface area contributed by atoms with Crippen LogP contribution in [0.25, 0.3) is 0 Å². The van der Waals surface area contributed by atoms with Gasteiger partial charge in [0.25, 0.3) is 0 Å². The number of aromatic nitrogens is 2. The number of aromatic amines is 1. The minimum atomic E-state index is -0.370. The Morgan fingerprint density at radius 2 is 2.00 bits per heavy atom. The number of esters is 1. The minimum absolute atomic E-state index is 0.307. The van der Waals surface area contributed by atoms with E-state index >= 15 is 0 Å². The largest absolute Gasteiger partial charge is 0.497 e. The Morgan fingerprint density at radius 1 is 1.19 bits per heavy atom. The summed E-state index contributed by atoms with van der Waals surface area (Å²) in [5.74, 6) is 1.43. The highest BCUT2D eigenvalue weighted by Crippen LogP contribution is 2.46. The molecule has 1 unspecified atom stereocenters. The fraction of sp³-hybridized carbons (Fsp3) is 0.400. The highest BCUT2D eigenvalue weighted by molar-refractivity contribution is 5.94. The summed E-state index contributed by atoms with van der Waals surface area (Å²) in [6.45, 7) is 4.18. The number of carbonyl (C=O) groups excluding carboxylic acids is 1. The van der Waals surface area contributed by atoms with Gasteiger partial charge in [-0.25, -0.2) is 4.79 Å². The Kier molecular flexibility index (Phi) is 5.69. The Bertz CT molecular complexity index is 857. The van der Waals surface area contributed by atoms with Gasteiger partial charge in [0.1, 0.15) is 17.3 Å². The highest BCUT2D eigenvalue weighted by Gasteiger charge is 2.37. The lowest BCUT2D eigenvalue weighted by Crippen LogP contribution is -2.25. The number of benzene rings is 1. The minimum Gasteiger partial charge on any atom is -0.497 e. The summed E-state index contributed by atoms with van der Waals surface area (Å²) >= 11 is 0. The molecule has 7 nitrogen and oxygen atoms in total. The quantitative estimate of drug-likeness (QED) is 0.724. The average molecular weight is 371 g/mol. The monoisotopic (exact) mass is 371 g/mol. The van der Waals surface area contributed by atoms with Crippen molar-refractivity contribution in [3.63, 3.8) is 0 Å². The van der Waals surface area contributed by atoms with Crippen molar-refractivity contribution in [2.45, 2.75) is 32.6 Å². The SMILES string of the molecule is CCCC1=C(C(=O)OCC)C(c2cc(OC)ccc2OC)c2cn[nH]c2N1. The Balaban J connectivity index is 2.24. The first-order chi connectivity index (χ1) is 13.1. The van der Waals surface area contributed by atoms with Crippen LogP contribution in [0, 0.1) is 0 Å². The second kappa shape index (κ2) is 8.16. The van der Waals surface area contributed by atoms with E-state index in [2.05, 4.69) is 22.4 Å². The summed E-state index contributed by atoms with van der Waals surface area (Å²) in [6, 6.07) is 5.58. The predicted molar refractivity (Wildman–Crippen MR) is 102 cm³/mol. The molecule has 1 aromatic carbocycles. The van der Waals surface area contributed by atoms with Crippen molar-refractivity contribution in [1.82, 2.24) is 10.2 Å². The van der Waals surface area contributed by atoms with Crippen LogP contribution in [0.5, 0.6) is 11.5 Å². The van der Waals surface area contributed by atoms with Gasteiger partial charge in [0.15, 0.2) is 0 Å². The van der Waals surface area contributed by atoms with E-state index in [9.17, 15) is 4.79 Å². The van der Waals surface area contributed by atoms with Crippen LogP contribution in [0.15, 0.2) is 35.7 Å². The van der Waals surface area contributed by atoms with E-state index in [-0.39, 0.29) is 11.9 Å². The number of H-pyrrole nitrogens is 1. The van der Waals surface area contributed by atoms with E-state index in [0.29, 0.717) is 23.7 Å². The van der Waals surface area contributed by atoms with Crippen LogP contribution in [0.2, 0.25) is 0 Å². The van der Waals surface area contributed by atoms with E-state index in [1.54, 1.807) is 27.3 Å². The maximum atomic E-state index is 12.9. The van der Waals surface area contributed by atoms with Crippen molar-refractivity contribution in [3.8, 4) is 11.5 Å². The third-order valence-corrected chi connectivity index (χ3v) is 4.61. The first kappa shape index (κ1) is 18.8. The molecule has 0 saturated heterocycles. The third kappa shape index (κ3) is 3.49. The molecule has 3 rings (SSSR count). The van der Waals surface area contributed by atoms with Gasteiger partial charge in [-0.15, -0.1) is 0 Å². The summed E-state index contributed by atoms with van der Waals surface area (Å²) in [5, 5.41) is 10.5. The molecule has 0 radical (unpaired) electrons. The van der Waals surface area contributed by atoms with Crippen molar-refractivity contribution in [2.75, 3.05) is 26.1 Å². The number of hydrogen-bond donors (Lipinski definition) is 2. The molecular weight excluding hydrogens is 346 g/mol. The zero-order valence-electron chi connectivity index (χ0n) is 16.1. The van der Waals surface area contributed by atoms with Crippen LogP contribution in [0.4, 0.5) is 5.82 Å². The van der Waals surface area contributed by atoms with Crippen molar-refractivity contribution in [3.05, 3.63) is 46.8 Å². The van der Waals surface area contributed by atoms with E-state index in [4.69, 9.17) is 14.2 Å². The molecule has 1 atom stereocenters. The number of hydrogen-bond acceptors (Lipinski definition) is 6. The lowest BCUT2D eigenvalue weighted by molar-refractivity contribution is -0.138. The number of nitrogens with zero attached hydrogens (tertiary/aromatic N) is 1. The maximum Gasteiger partial charge on any atom is 0.336 e. The first-order valence-electron chi connectivity index (χ1n) is 9.06. The van der Waals surface area contributed by atoms with Gasteiger partial charge < -0.3 is 19.5 Å². The summed E-state index contributed by atoms with van der Waals surface area (Å²) in [6.07, 6.45) is 3.33. The summed E-state index contributed by atoms with van der Waals surface area (Å²) < 4.78 is 16.4. The van der Waals surface area contributed by atoms with E-state index in [1.807, 2.05) is 18.2 Å². The average Bonchev–Trinajstić information content (AvgIpc) is 3.15. The summed E-state index contributed by atoms with van der Waals surface area (Å²) in [4.78, 5) is 12.9. The fourth-order valence-electron chi connectivity index (χ4n) is 3.45. The molecule has 144 valence electrons. The molecule has 0 amide bonds. The fourth-order valence-corrected chi connectivity index (χ4v) is 3.45. The number of fused-ring (bicyclic) bond motifs is 1. The number of ether oxygens (including phenoxy) is 3. The van der Waals surface area contributed by atoms with Crippen molar-refractivity contribution < 1.29 is 19.0 Å². The normalized spacial score (nSPS) is 15.8. The number of carbonyl (C=O) groups is 1. The topological polar surface area (TPSA) is 85.5 Å². The van der Waals surface area contributed by atoms with Crippen LogP contribution < -0.4 is 14.8 Å². The van der Waals surface area contributed by atoms with Crippen LogP contribution >= 0.6 is 0 Å². The number of methoxy groups -OCH3 is 2. The Labute approximate surface area is 158 Å². The predicted octanol–water partition coefficient (Wildman–Crippen LogP) is 3.60. The Hall–Kier alpha value is -2.96. The lowest BCUT2D eigenvalue weighted by Gasteiger charge is -2.29. The molecule has 2 heterocycles. The summed E-state index contributed by atoms with van der Waals surface area (Å²) in [5.41, 5.74) is 3.11. The number of nitrogens with one attached hydrogen (secondary N) is 2. The van der Waals surface area contributed by atoms with Crippen molar-refractivity contribution in [2.24, 2.45) is 0 Å². The molecule has 0 fully saturated rings. The van der Waals surface area contributed by atoms with Crippen LogP contribution in [0.3, 0.4) is 0 Å². The Morgan fingerprint density at radius 3 is 2.67 bits per heavy atom. The molecule has 7 heteroatoms. The molecule has 1 aliphatic heterocycles. The third-order valence-electron chi connectivity index (χ3n) is 4.61. The van der Waals surface area contributed by atoms with E-state index in [0.717, 1.165) is 35.5 Å². The van der Waals surface area contributed by atoms with E-state index in [1.165, 1.54) is 0 Å². The molecule has 0 spiro atoms. The van der Waals surface area contributed by atoms with Crippen LogP contribution in [-0.4, -0.2) is 37.0 Å². The number of allylic oxidation sites excluding steroid dienone is 1. The van der Waals surface area contributed by atoms with Gasteiger partial charge in [0.2, 0.25) is 0 Å². The van der Waals surface area contributed by atoms with Crippen molar-refractivity contribution in [1.29, 1.82) is 0 Å². The highest BCUT2D eigenvalue weighted by atomic mass is 16.5. The molecule has 1 aromatic heterocycles. The van der Waals surface area contributed by atoms with Gasteiger partial charge in [-0.1, -0.05) is 13.3 Å². The van der Waals surface area contributed by atoms with Crippen molar-refractivity contribution >= 4 is 11.8 Å². The molecule has 2 aromatic rings. The van der Waals surface area contributed by atoms with Gasteiger partial charge in [-0.05, 0) is 31.5 Å². The zero-order valence-corrected chi connectivity index (χ0v) is 16.1. The van der Waals surface area contributed by atoms with Gasteiger partial charge in [0, 0.05) is 16.8 Å². The van der Waals surface area contributed by atoms with Gasteiger partial charge >= 0.3 is 5.97 Å². The van der Waals surface area contributed by atoms with Gasteiger partial charge in [0.05, 0.1) is 38.5 Å². The molecule has 2 N–H and O–H groups in total. The molecular formula is C20H25N3O4. The zero-order chi connectivity index (χ0) is 19.4. The maximum absolute atomic E-state index is 12.9. The van der Waals surface area contributed by atoms with E-state index < -0.39 is 0 Å². The molecule has 0 aliphatic carbocycles. The number of anilines is 1. The molecule has 0 saturated carbocycles. The second-order valence-corrected chi connectivity index (χ2v) is 6.23. The second-order valence-electron chi connectivity index (χ2n) is 6.23. The smallest absolute Gasteiger partial charge is 0.336 e. The summed E-state index contributed by atoms with van der Waals surface area (Å²) in [7, 11) is 3.23. The first-order valence-corrected chi connectivity index (χ1v) is 9.06. The van der Waals surface area contributed by atoms with Gasteiger partial charge in [-0.3, -0.25) is 5.10 Å². The standard InChI is InChI=1S/C20H25N3O4/c1-5-7-15-18(20(24)27-6-2)17(14-11-21-23-19(14)22-15)13-10-12(25-3)8-9-16(13)26-4/h8-11,17H,5-7H2,1-4H3,(H2,21,22,23). The molecule has 27 heavy (non-hydrogen) atoms. The lowest BCUT2D eigenvalue weighted by atomic mass is 9.81.